The first kappa shape index (κ1) is 13.5. The summed E-state index contributed by atoms with van der Waals surface area (Å²) in [4.78, 5) is 26.3. The number of hydrogen-bond acceptors (Lipinski definition) is 6. The molecular formula is C12H11N3O5. The van der Waals surface area contributed by atoms with E-state index in [-0.39, 0.29) is 23.8 Å². The fraction of sp³-hybridized carbons (Fsp3) is 0.167. The third kappa shape index (κ3) is 3.31. The van der Waals surface area contributed by atoms with Crippen LogP contribution in [0.5, 0.6) is 5.75 Å². The molecule has 104 valence electrons. The van der Waals surface area contributed by atoms with Crippen LogP contribution in [0.1, 0.15) is 16.1 Å². The number of carbonyl (C=O) groups is 2. The van der Waals surface area contributed by atoms with Crippen LogP contribution in [-0.2, 0) is 4.79 Å². The van der Waals surface area contributed by atoms with Crippen molar-refractivity contribution in [2.75, 3.05) is 11.9 Å². The normalized spacial score (nSPS) is 10.1. The summed E-state index contributed by atoms with van der Waals surface area (Å²) in [5, 5.41) is 15.0. The number of rotatable bonds is 5. The van der Waals surface area contributed by atoms with Crippen LogP contribution in [0.2, 0.25) is 0 Å². The molecule has 0 spiro atoms. The van der Waals surface area contributed by atoms with Gasteiger partial charge in [0.1, 0.15) is 5.56 Å². The summed E-state index contributed by atoms with van der Waals surface area (Å²) in [6, 6.07) is 2.83. The van der Waals surface area contributed by atoms with E-state index in [1.807, 2.05) is 0 Å². The molecule has 0 unspecified atom stereocenters. The van der Waals surface area contributed by atoms with E-state index in [1.165, 1.54) is 18.5 Å². The zero-order valence-electron chi connectivity index (χ0n) is 10.5. The molecule has 0 saturated carbocycles. The molecule has 0 atom stereocenters. The summed E-state index contributed by atoms with van der Waals surface area (Å²) < 4.78 is 9.93. The Hall–Kier alpha value is -2.90. The molecule has 20 heavy (non-hydrogen) atoms. The predicted octanol–water partition coefficient (Wildman–Crippen LogP) is 1.09. The Kier molecular flexibility index (Phi) is 3.94. The summed E-state index contributed by atoms with van der Waals surface area (Å²) >= 11 is 0. The molecule has 2 rings (SSSR count). The molecule has 0 aliphatic heterocycles. The maximum absolute atomic E-state index is 11.6. The van der Waals surface area contributed by atoms with Crippen LogP contribution in [0.25, 0.3) is 0 Å². The molecule has 0 aromatic carbocycles. The number of nitrogens with zero attached hydrogens (tertiary/aromatic N) is 2. The number of carboxylic acid groups (broad SMARTS) is 1. The molecule has 0 saturated heterocycles. The Labute approximate surface area is 113 Å². The maximum Gasteiger partial charge on any atom is 0.339 e. The third-order valence-electron chi connectivity index (χ3n) is 2.26. The highest BCUT2D eigenvalue weighted by atomic mass is 16.5. The Morgan fingerprint density at radius 1 is 1.50 bits per heavy atom. The summed E-state index contributed by atoms with van der Waals surface area (Å²) in [6.07, 6.45) is 2.56. The van der Waals surface area contributed by atoms with Crippen molar-refractivity contribution < 1.29 is 24.0 Å². The monoisotopic (exact) mass is 277 g/mol. The number of carboxylic acids is 1. The number of nitrogens with one attached hydrogen (secondary N) is 1. The molecule has 2 heterocycles. The van der Waals surface area contributed by atoms with Crippen molar-refractivity contribution in [2.45, 2.75) is 6.92 Å². The SMILES string of the molecule is Cc1cc(NC(=O)COc2cnccc2C(=O)O)on1. The van der Waals surface area contributed by atoms with Crippen molar-refractivity contribution in [3.63, 3.8) is 0 Å². The lowest BCUT2D eigenvalue weighted by molar-refractivity contribution is -0.118. The van der Waals surface area contributed by atoms with Crippen molar-refractivity contribution >= 4 is 17.8 Å². The number of hydrogen-bond donors (Lipinski definition) is 2. The first-order chi connectivity index (χ1) is 9.56. The van der Waals surface area contributed by atoms with Crippen molar-refractivity contribution in [1.82, 2.24) is 10.1 Å². The van der Waals surface area contributed by atoms with Gasteiger partial charge in [0.05, 0.1) is 11.9 Å². The Morgan fingerprint density at radius 3 is 2.95 bits per heavy atom. The highest BCUT2D eigenvalue weighted by Crippen LogP contribution is 2.16. The standard InChI is InChI=1S/C12H11N3O5/c1-7-4-11(20-15-7)14-10(16)6-19-9-5-13-3-2-8(9)12(17)18/h2-5H,6H2,1H3,(H,14,16)(H,17,18). The molecule has 0 aliphatic carbocycles. The third-order valence-corrected chi connectivity index (χ3v) is 2.26. The van der Waals surface area contributed by atoms with E-state index in [1.54, 1.807) is 13.0 Å². The van der Waals surface area contributed by atoms with Crippen molar-refractivity contribution in [3.05, 3.63) is 35.8 Å². The van der Waals surface area contributed by atoms with Gasteiger partial charge in [0.25, 0.3) is 5.91 Å². The minimum absolute atomic E-state index is 0.0175. The lowest BCUT2D eigenvalue weighted by atomic mass is 10.2. The number of carbonyl (C=O) groups excluding carboxylic acids is 1. The Morgan fingerprint density at radius 2 is 2.30 bits per heavy atom. The van der Waals surface area contributed by atoms with Gasteiger partial charge < -0.3 is 14.4 Å². The summed E-state index contributed by atoms with van der Waals surface area (Å²) in [5.74, 6) is -1.44. The van der Waals surface area contributed by atoms with Gasteiger partial charge in [-0.15, -0.1) is 0 Å². The fourth-order valence-corrected chi connectivity index (χ4v) is 1.41. The molecule has 2 aromatic rings. The first-order valence-corrected chi connectivity index (χ1v) is 5.59. The molecular weight excluding hydrogens is 266 g/mol. The second-order valence-electron chi connectivity index (χ2n) is 3.85. The number of aromatic carboxylic acids is 1. The maximum atomic E-state index is 11.6. The summed E-state index contributed by atoms with van der Waals surface area (Å²) in [6.45, 7) is 1.34. The molecule has 8 nitrogen and oxygen atoms in total. The lowest BCUT2D eigenvalue weighted by Crippen LogP contribution is -2.20. The quantitative estimate of drug-likeness (QED) is 0.840. The fourth-order valence-electron chi connectivity index (χ4n) is 1.41. The topological polar surface area (TPSA) is 115 Å². The van der Waals surface area contributed by atoms with E-state index in [2.05, 4.69) is 15.5 Å². The van der Waals surface area contributed by atoms with E-state index >= 15 is 0 Å². The smallest absolute Gasteiger partial charge is 0.339 e. The van der Waals surface area contributed by atoms with E-state index < -0.39 is 11.9 Å². The summed E-state index contributed by atoms with van der Waals surface area (Å²) in [7, 11) is 0. The lowest BCUT2D eigenvalue weighted by Gasteiger charge is -2.07. The Balaban J connectivity index is 1.95. The second kappa shape index (κ2) is 5.83. The van der Waals surface area contributed by atoms with Crippen molar-refractivity contribution in [1.29, 1.82) is 0 Å². The van der Waals surface area contributed by atoms with Crippen LogP contribution in [0.4, 0.5) is 5.88 Å². The summed E-state index contributed by atoms with van der Waals surface area (Å²) in [5.41, 5.74) is 0.560. The van der Waals surface area contributed by atoms with Crippen molar-refractivity contribution in [2.24, 2.45) is 0 Å². The number of aryl methyl sites for hydroxylation is 1. The molecule has 8 heteroatoms. The van der Waals surface area contributed by atoms with E-state index in [4.69, 9.17) is 14.4 Å². The van der Waals surface area contributed by atoms with Gasteiger partial charge in [-0.3, -0.25) is 15.1 Å². The molecule has 0 radical (unpaired) electrons. The van der Waals surface area contributed by atoms with E-state index in [0.717, 1.165) is 0 Å². The molecule has 0 fully saturated rings. The number of ether oxygens (including phenoxy) is 1. The van der Waals surface area contributed by atoms with Crippen LogP contribution >= 0.6 is 0 Å². The molecule has 2 aromatic heterocycles. The Bertz CT molecular complexity index is 638. The van der Waals surface area contributed by atoms with Crippen LogP contribution in [0.15, 0.2) is 29.0 Å². The highest BCUT2D eigenvalue weighted by molar-refractivity contribution is 5.92. The van der Waals surface area contributed by atoms with Gasteiger partial charge in [-0.2, -0.15) is 0 Å². The zero-order valence-corrected chi connectivity index (χ0v) is 10.5. The van der Waals surface area contributed by atoms with Gasteiger partial charge in [-0.05, 0) is 13.0 Å². The molecule has 0 bridgehead atoms. The van der Waals surface area contributed by atoms with Crippen LogP contribution in [0.3, 0.4) is 0 Å². The zero-order chi connectivity index (χ0) is 14.5. The first-order valence-electron chi connectivity index (χ1n) is 5.59. The second-order valence-corrected chi connectivity index (χ2v) is 3.85. The average Bonchev–Trinajstić information content (AvgIpc) is 2.82. The van der Waals surface area contributed by atoms with E-state index in [9.17, 15) is 9.59 Å². The van der Waals surface area contributed by atoms with Gasteiger partial charge >= 0.3 is 5.97 Å². The molecule has 1 amide bonds. The predicted molar refractivity (Wildman–Crippen MR) is 66.6 cm³/mol. The average molecular weight is 277 g/mol. The van der Waals surface area contributed by atoms with Gasteiger partial charge in [0.2, 0.25) is 5.88 Å². The molecule has 0 aliphatic rings. The van der Waals surface area contributed by atoms with Crippen molar-refractivity contribution in [3.8, 4) is 5.75 Å². The number of pyridine rings is 1. The van der Waals surface area contributed by atoms with Crippen LogP contribution in [-0.4, -0.2) is 33.7 Å². The van der Waals surface area contributed by atoms with Crippen LogP contribution in [0, 0.1) is 6.92 Å². The number of aromatic nitrogens is 2. The highest BCUT2D eigenvalue weighted by Gasteiger charge is 2.13. The van der Waals surface area contributed by atoms with Gasteiger partial charge in [-0.1, -0.05) is 5.16 Å². The number of amides is 1. The minimum Gasteiger partial charge on any atom is -0.481 e. The van der Waals surface area contributed by atoms with Gasteiger partial charge in [0.15, 0.2) is 12.4 Å². The van der Waals surface area contributed by atoms with Crippen LogP contribution < -0.4 is 10.1 Å². The van der Waals surface area contributed by atoms with E-state index in [0.29, 0.717) is 5.69 Å². The van der Waals surface area contributed by atoms with Gasteiger partial charge in [0, 0.05) is 12.3 Å². The number of anilines is 1. The molecule has 2 N–H and O–H groups in total. The largest absolute Gasteiger partial charge is 0.481 e. The minimum atomic E-state index is -1.16. The van der Waals surface area contributed by atoms with Gasteiger partial charge in [-0.25, -0.2) is 4.79 Å².